The van der Waals surface area contributed by atoms with E-state index in [1.165, 1.54) is 5.57 Å². The van der Waals surface area contributed by atoms with Gasteiger partial charge in [0, 0.05) is 12.3 Å². The minimum atomic E-state index is -0.601. The molecule has 3 aliphatic rings. The molecule has 5 nitrogen and oxygen atoms in total. The van der Waals surface area contributed by atoms with E-state index in [4.69, 9.17) is 9.47 Å². The van der Waals surface area contributed by atoms with Crippen molar-refractivity contribution in [3.05, 3.63) is 23.8 Å². The Morgan fingerprint density at radius 3 is 2.67 bits per heavy atom. The number of ether oxygens (including phenoxy) is 2. The normalized spacial score (nSPS) is 36.5. The van der Waals surface area contributed by atoms with E-state index in [1.54, 1.807) is 0 Å². The number of rotatable bonds is 6. The van der Waals surface area contributed by atoms with Crippen LogP contribution in [0.25, 0.3) is 0 Å². The number of aliphatic hydroxyl groups excluding tert-OH is 1. The van der Waals surface area contributed by atoms with Gasteiger partial charge in [-0.2, -0.15) is 0 Å². The number of aliphatic hydroxyl groups is 1. The van der Waals surface area contributed by atoms with Crippen LogP contribution < -0.4 is 0 Å². The predicted octanol–water partition coefficient (Wildman–Crippen LogP) is 4.59. The van der Waals surface area contributed by atoms with Crippen LogP contribution in [0.2, 0.25) is 0 Å². The number of carbonyl (C=O) groups excluding carboxylic acids is 2. The van der Waals surface area contributed by atoms with Crippen molar-refractivity contribution in [1.29, 1.82) is 0 Å². The summed E-state index contributed by atoms with van der Waals surface area (Å²) in [6, 6.07) is 0. The van der Waals surface area contributed by atoms with Gasteiger partial charge in [-0.1, -0.05) is 39.0 Å². The topological polar surface area (TPSA) is 72.8 Å². The Hall–Kier alpha value is -1.62. The smallest absolute Gasteiger partial charge is 0.311 e. The van der Waals surface area contributed by atoms with Crippen LogP contribution >= 0.6 is 0 Å². The fourth-order valence-corrected chi connectivity index (χ4v) is 5.08. The first-order chi connectivity index (χ1) is 14.1. The molecule has 5 unspecified atom stereocenters. The Morgan fingerprint density at radius 1 is 1.27 bits per heavy atom. The van der Waals surface area contributed by atoms with Gasteiger partial charge in [-0.3, -0.25) is 9.59 Å². The van der Waals surface area contributed by atoms with Crippen LogP contribution in [0.15, 0.2) is 23.8 Å². The van der Waals surface area contributed by atoms with Crippen LogP contribution in [0.4, 0.5) is 0 Å². The van der Waals surface area contributed by atoms with Crippen molar-refractivity contribution in [2.24, 2.45) is 29.1 Å². The molecule has 0 amide bonds. The van der Waals surface area contributed by atoms with Crippen molar-refractivity contribution in [3.8, 4) is 0 Å². The second kappa shape index (κ2) is 9.25. The molecule has 7 atom stereocenters. The molecule has 1 heterocycles. The molecule has 0 bridgehead atoms. The van der Waals surface area contributed by atoms with Gasteiger partial charge in [0.05, 0.1) is 17.9 Å². The Kier molecular flexibility index (Phi) is 7.11. The van der Waals surface area contributed by atoms with Crippen LogP contribution in [0.1, 0.15) is 73.1 Å². The molecule has 1 fully saturated rings. The van der Waals surface area contributed by atoms with E-state index >= 15 is 0 Å². The van der Waals surface area contributed by atoms with Gasteiger partial charge in [0.15, 0.2) is 0 Å². The van der Waals surface area contributed by atoms with E-state index in [9.17, 15) is 14.7 Å². The maximum absolute atomic E-state index is 12.9. The molecule has 0 aromatic rings. The second-order valence-electron chi connectivity index (χ2n) is 10.3. The summed E-state index contributed by atoms with van der Waals surface area (Å²) in [5.74, 6) is 0.776. The first kappa shape index (κ1) is 23.1. The summed E-state index contributed by atoms with van der Waals surface area (Å²) in [5.41, 5.74) is 0.785. The molecule has 5 heteroatoms. The van der Waals surface area contributed by atoms with Crippen LogP contribution in [-0.2, 0) is 19.1 Å². The van der Waals surface area contributed by atoms with Gasteiger partial charge in [0.25, 0.3) is 0 Å². The first-order valence-electron chi connectivity index (χ1n) is 11.6. The molecular formula is C25H38O5. The highest BCUT2D eigenvalue weighted by atomic mass is 16.6. The van der Waals surface area contributed by atoms with Crippen molar-refractivity contribution >= 4 is 11.9 Å². The molecule has 0 saturated carbocycles. The molecule has 0 radical (unpaired) electrons. The van der Waals surface area contributed by atoms with Crippen LogP contribution in [-0.4, -0.2) is 35.4 Å². The minimum absolute atomic E-state index is 0.0949. The highest BCUT2D eigenvalue weighted by molar-refractivity contribution is 5.76. The number of allylic oxidation sites excluding steroid dienone is 3. The lowest BCUT2D eigenvalue weighted by atomic mass is 9.65. The average molecular weight is 419 g/mol. The third-order valence-electron chi connectivity index (χ3n) is 7.35. The zero-order valence-corrected chi connectivity index (χ0v) is 19.1. The Bertz CT molecular complexity index is 706. The lowest BCUT2D eigenvalue weighted by Gasteiger charge is -2.44. The number of carbonyl (C=O) groups is 2. The van der Waals surface area contributed by atoms with Crippen LogP contribution in [0.3, 0.4) is 0 Å². The molecule has 2 aliphatic carbocycles. The number of hydrogen-bond donors (Lipinski definition) is 1. The lowest BCUT2D eigenvalue weighted by molar-refractivity contribution is -0.166. The molecular weight excluding hydrogens is 380 g/mol. The van der Waals surface area contributed by atoms with Gasteiger partial charge in [0.1, 0.15) is 12.2 Å². The van der Waals surface area contributed by atoms with E-state index in [0.29, 0.717) is 24.2 Å². The Morgan fingerprint density at radius 2 is 2.00 bits per heavy atom. The fourth-order valence-electron chi connectivity index (χ4n) is 5.08. The van der Waals surface area contributed by atoms with Gasteiger partial charge < -0.3 is 14.6 Å². The SMILES string of the molecule is CCC(C)(C)C(=O)OC1C[C@@H](C)C=C2C=C[C@H](C)C(CCC3CC(O)CC(=O)O3)C21. The first-order valence-corrected chi connectivity index (χ1v) is 11.6. The van der Waals surface area contributed by atoms with Gasteiger partial charge >= 0.3 is 11.9 Å². The Balaban J connectivity index is 1.76. The monoisotopic (exact) mass is 418 g/mol. The molecule has 0 aromatic heterocycles. The summed E-state index contributed by atoms with van der Waals surface area (Å²) in [6.07, 6.45) is 9.61. The van der Waals surface area contributed by atoms with E-state index in [0.717, 1.165) is 25.7 Å². The summed E-state index contributed by atoms with van der Waals surface area (Å²) >= 11 is 0. The summed E-state index contributed by atoms with van der Waals surface area (Å²) < 4.78 is 11.6. The van der Waals surface area contributed by atoms with Crippen LogP contribution in [0.5, 0.6) is 0 Å². The van der Waals surface area contributed by atoms with Gasteiger partial charge in [-0.15, -0.1) is 0 Å². The van der Waals surface area contributed by atoms with Crippen molar-refractivity contribution in [3.63, 3.8) is 0 Å². The molecule has 1 aliphatic heterocycles. The fraction of sp³-hybridized carbons (Fsp3) is 0.760. The molecule has 30 heavy (non-hydrogen) atoms. The molecule has 3 rings (SSSR count). The maximum Gasteiger partial charge on any atom is 0.311 e. The molecule has 1 saturated heterocycles. The summed E-state index contributed by atoms with van der Waals surface area (Å²) in [5, 5.41) is 9.92. The van der Waals surface area contributed by atoms with E-state index in [2.05, 4.69) is 32.1 Å². The zero-order valence-electron chi connectivity index (χ0n) is 19.1. The van der Waals surface area contributed by atoms with E-state index < -0.39 is 11.5 Å². The van der Waals surface area contributed by atoms with Gasteiger partial charge in [0.2, 0.25) is 0 Å². The number of fused-ring (bicyclic) bond motifs is 1. The summed E-state index contributed by atoms with van der Waals surface area (Å²) in [6.45, 7) is 10.3. The van der Waals surface area contributed by atoms with Crippen molar-refractivity contribution in [2.75, 3.05) is 0 Å². The average Bonchev–Trinajstić information content (AvgIpc) is 2.66. The van der Waals surface area contributed by atoms with Crippen molar-refractivity contribution in [1.82, 2.24) is 0 Å². The van der Waals surface area contributed by atoms with Gasteiger partial charge in [-0.25, -0.2) is 0 Å². The molecule has 0 aromatic carbocycles. The number of hydrogen-bond acceptors (Lipinski definition) is 5. The largest absolute Gasteiger partial charge is 0.462 e. The van der Waals surface area contributed by atoms with Crippen molar-refractivity contribution < 1.29 is 24.2 Å². The minimum Gasteiger partial charge on any atom is -0.462 e. The highest BCUT2D eigenvalue weighted by Crippen LogP contribution is 2.45. The Labute approximate surface area is 180 Å². The van der Waals surface area contributed by atoms with Gasteiger partial charge in [-0.05, 0) is 62.9 Å². The van der Waals surface area contributed by atoms with Crippen LogP contribution in [0, 0.1) is 29.1 Å². The third-order valence-corrected chi connectivity index (χ3v) is 7.35. The molecule has 0 spiro atoms. The molecule has 168 valence electrons. The lowest BCUT2D eigenvalue weighted by Crippen LogP contribution is -2.43. The maximum atomic E-state index is 12.9. The summed E-state index contributed by atoms with van der Waals surface area (Å²) in [7, 11) is 0. The van der Waals surface area contributed by atoms with E-state index in [1.807, 2.05) is 20.8 Å². The number of esters is 2. The summed E-state index contributed by atoms with van der Waals surface area (Å²) in [4.78, 5) is 24.6. The highest BCUT2D eigenvalue weighted by Gasteiger charge is 2.43. The van der Waals surface area contributed by atoms with E-state index in [-0.39, 0.29) is 36.5 Å². The van der Waals surface area contributed by atoms with Crippen molar-refractivity contribution in [2.45, 2.75) is 91.5 Å². The second-order valence-corrected chi connectivity index (χ2v) is 10.3. The number of cyclic esters (lactones) is 1. The zero-order chi connectivity index (χ0) is 22.1. The quantitative estimate of drug-likeness (QED) is 0.639. The standard InChI is InChI=1S/C25H38O5/c1-6-25(4,5)24(28)30-21-12-15(2)11-17-8-7-16(3)20(23(17)21)10-9-19-13-18(26)14-22(27)29-19/h7-8,11,15-16,18-21,23,26H,6,9-10,12-14H2,1-5H3/t15-,16-,18?,19?,20?,21?,23?/m0/s1. The third kappa shape index (κ3) is 5.16. The molecule has 1 N–H and O–H groups in total. The predicted molar refractivity (Wildman–Crippen MR) is 115 cm³/mol.